The van der Waals surface area contributed by atoms with E-state index >= 15 is 0 Å². The van der Waals surface area contributed by atoms with Gasteiger partial charge in [0.25, 0.3) is 7.82 Å². The first-order valence-electron chi connectivity index (χ1n) is 35.8. The van der Waals surface area contributed by atoms with Gasteiger partial charge in [0.2, 0.25) is 5.91 Å². The summed E-state index contributed by atoms with van der Waals surface area (Å²) in [5.74, 6) is -0.230. The molecular weight excluding hydrogens is 1100 g/mol. The Morgan fingerprint density at radius 2 is 0.705 bits per heavy atom. The van der Waals surface area contributed by atoms with Crippen molar-refractivity contribution in [3.63, 3.8) is 0 Å². The molecule has 0 aliphatic heterocycles. The highest BCUT2D eigenvalue weighted by Gasteiger charge is 2.23. The van der Waals surface area contributed by atoms with Crippen molar-refractivity contribution in [2.75, 3.05) is 40.9 Å². The number of allylic oxidation sites excluding steroid dienone is 25. The van der Waals surface area contributed by atoms with Crippen LogP contribution in [0.25, 0.3) is 0 Å². The first-order chi connectivity index (χ1) is 43.0. The maximum atomic E-state index is 13.0. The van der Waals surface area contributed by atoms with E-state index in [1.165, 1.54) is 135 Å². The fourth-order valence-corrected chi connectivity index (χ4v) is 10.4. The number of phosphoric acid groups is 1. The zero-order valence-electron chi connectivity index (χ0n) is 57.4. The Bertz CT molecular complexity index is 1990. The van der Waals surface area contributed by atoms with Gasteiger partial charge in [-0.25, -0.2) is 0 Å². The zero-order valence-corrected chi connectivity index (χ0v) is 58.3. The van der Waals surface area contributed by atoms with Crippen molar-refractivity contribution >= 4 is 13.7 Å². The highest BCUT2D eigenvalue weighted by molar-refractivity contribution is 7.45. The van der Waals surface area contributed by atoms with E-state index in [9.17, 15) is 19.4 Å². The van der Waals surface area contributed by atoms with Gasteiger partial charge in [-0.15, -0.1) is 0 Å². The van der Waals surface area contributed by atoms with Crippen molar-refractivity contribution in [2.24, 2.45) is 0 Å². The molecule has 9 heteroatoms. The van der Waals surface area contributed by atoms with Crippen LogP contribution in [0.3, 0.4) is 0 Å². The molecule has 0 bridgehead atoms. The second-order valence-electron chi connectivity index (χ2n) is 24.8. The minimum atomic E-state index is -4.63. The second kappa shape index (κ2) is 67.5. The van der Waals surface area contributed by atoms with Crippen LogP contribution in [-0.4, -0.2) is 68.5 Å². The fraction of sp³-hybridized carbons (Fsp3) is 0.658. The van der Waals surface area contributed by atoms with E-state index in [1.807, 2.05) is 27.2 Å². The molecular formula is C79H135N2O6P. The number of carbonyl (C=O) groups is 1. The average molecular weight is 1240 g/mol. The monoisotopic (exact) mass is 1240 g/mol. The minimum absolute atomic E-state index is 0.0185. The molecule has 88 heavy (non-hydrogen) atoms. The van der Waals surface area contributed by atoms with E-state index in [4.69, 9.17) is 9.05 Å². The molecule has 0 aromatic heterocycles. The van der Waals surface area contributed by atoms with Crippen molar-refractivity contribution < 1.29 is 32.9 Å². The van der Waals surface area contributed by atoms with Gasteiger partial charge >= 0.3 is 0 Å². The zero-order chi connectivity index (χ0) is 64.1. The predicted octanol–water partition coefficient (Wildman–Crippen LogP) is 22.7. The van der Waals surface area contributed by atoms with Crippen LogP contribution in [0.5, 0.6) is 0 Å². The largest absolute Gasteiger partial charge is 0.756 e. The molecule has 0 saturated heterocycles. The van der Waals surface area contributed by atoms with E-state index in [-0.39, 0.29) is 12.5 Å². The smallest absolute Gasteiger partial charge is 0.268 e. The molecule has 502 valence electrons. The minimum Gasteiger partial charge on any atom is -0.756 e. The normalized spacial score (nSPS) is 14.6. The lowest BCUT2D eigenvalue weighted by Gasteiger charge is -2.29. The third-order valence-electron chi connectivity index (χ3n) is 15.2. The molecule has 8 nitrogen and oxygen atoms in total. The molecule has 0 aliphatic carbocycles. The number of likely N-dealkylation sites (N-methyl/N-ethyl adjacent to an activating group) is 1. The molecule has 0 aromatic carbocycles. The third kappa shape index (κ3) is 69.6. The van der Waals surface area contributed by atoms with Crippen molar-refractivity contribution in [1.29, 1.82) is 0 Å². The van der Waals surface area contributed by atoms with Gasteiger partial charge in [0, 0.05) is 6.42 Å². The van der Waals surface area contributed by atoms with Gasteiger partial charge in [-0.3, -0.25) is 9.36 Å². The lowest BCUT2D eigenvalue weighted by molar-refractivity contribution is -0.870. The van der Waals surface area contributed by atoms with Crippen LogP contribution in [0.1, 0.15) is 284 Å². The quantitative estimate of drug-likeness (QED) is 0.0272. The number of phosphoric ester groups is 1. The summed E-state index contributed by atoms with van der Waals surface area (Å²) in [5.41, 5.74) is 0. The summed E-state index contributed by atoms with van der Waals surface area (Å²) >= 11 is 0. The van der Waals surface area contributed by atoms with Gasteiger partial charge < -0.3 is 28.8 Å². The summed E-state index contributed by atoms with van der Waals surface area (Å²) in [6, 6.07) is -0.928. The Hall–Kier alpha value is -3.88. The number of amides is 1. The van der Waals surface area contributed by atoms with Crippen LogP contribution in [0.15, 0.2) is 158 Å². The third-order valence-corrected chi connectivity index (χ3v) is 16.2. The molecule has 0 spiro atoms. The van der Waals surface area contributed by atoms with E-state index < -0.39 is 26.6 Å². The van der Waals surface area contributed by atoms with Crippen molar-refractivity contribution in [2.45, 2.75) is 296 Å². The molecule has 3 atom stereocenters. The second-order valence-corrected chi connectivity index (χ2v) is 26.3. The molecule has 0 saturated carbocycles. The number of hydrogen-bond acceptors (Lipinski definition) is 6. The van der Waals surface area contributed by atoms with E-state index in [2.05, 4.69) is 165 Å². The lowest BCUT2D eigenvalue weighted by Crippen LogP contribution is -2.45. The topological polar surface area (TPSA) is 108 Å². The number of aliphatic hydroxyl groups is 1. The maximum absolute atomic E-state index is 13.0. The first kappa shape index (κ1) is 84.1. The van der Waals surface area contributed by atoms with Gasteiger partial charge in [-0.1, -0.05) is 320 Å². The van der Waals surface area contributed by atoms with Crippen molar-refractivity contribution in [1.82, 2.24) is 5.32 Å². The molecule has 0 radical (unpaired) electrons. The molecule has 0 rings (SSSR count). The lowest BCUT2D eigenvalue weighted by atomic mass is 10.0. The Morgan fingerprint density at radius 1 is 0.409 bits per heavy atom. The number of nitrogens with one attached hydrogen (secondary N) is 1. The van der Waals surface area contributed by atoms with Gasteiger partial charge in [0.1, 0.15) is 13.2 Å². The number of unbranched alkanes of at least 4 members (excludes halogenated alkanes) is 27. The maximum Gasteiger partial charge on any atom is 0.268 e. The average Bonchev–Trinajstić information content (AvgIpc) is 3.70. The number of aliphatic hydroxyl groups excluding tert-OH is 1. The van der Waals surface area contributed by atoms with Crippen molar-refractivity contribution in [3.8, 4) is 0 Å². The van der Waals surface area contributed by atoms with Crippen LogP contribution < -0.4 is 10.2 Å². The molecule has 1 amide bonds. The highest BCUT2D eigenvalue weighted by Crippen LogP contribution is 2.38. The molecule has 0 heterocycles. The van der Waals surface area contributed by atoms with E-state index in [0.717, 1.165) is 128 Å². The number of nitrogens with zero attached hydrogens (tertiary/aromatic N) is 1. The summed E-state index contributed by atoms with van der Waals surface area (Å²) < 4.78 is 23.4. The highest BCUT2D eigenvalue weighted by atomic mass is 31.2. The number of rotatable bonds is 64. The van der Waals surface area contributed by atoms with Crippen LogP contribution in [0.2, 0.25) is 0 Å². The fourth-order valence-electron chi connectivity index (χ4n) is 9.70. The Kier molecular flexibility index (Phi) is 64.5. The SMILES string of the molecule is CC/C=C\C/C=C\C/C=C\C/C=C\C/C=C\C/C=C\C/C=C\C/C=C\C/C=C\C/C=C\C/C=C\CCCCCCCC(=O)NC(COP(=O)([O-])OCC[N+](C)(C)C)C(O)/C=C/CC/C=C/CCCCCCCCCCCCCCCCCCCCCCC. The Labute approximate surface area is 543 Å². The van der Waals surface area contributed by atoms with Crippen LogP contribution in [0, 0.1) is 0 Å². The molecule has 0 aromatic rings. The predicted molar refractivity (Wildman–Crippen MR) is 384 cm³/mol. The first-order valence-corrected chi connectivity index (χ1v) is 37.3. The molecule has 3 unspecified atom stereocenters. The Morgan fingerprint density at radius 3 is 1.06 bits per heavy atom. The number of carbonyl (C=O) groups excluding carboxylic acids is 1. The summed E-state index contributed by atoms with van der Waals surface area (Å²) in [6.07, 6.45) is 105. The van der Waals surface area contributed by atoms with Gasteiger partial charge in [-0.05, 0) is 116 Å². The molecule has 0 aliphatic rings. The van der Waals surface area contributed by atoms with Crippen LogP contribution in [0.4, 0.5) is 0 Å². The van der Waals surface area contributed by atoms with Gasteiger partial charge in [0.05, 0.1) is 39.9 Å². The van der Waals surface area contributed by atoms with E-state index in [0.29, 0.717) is 17.4 Å². The van der Waals surface area contributed by atoms with Crippen LogP contribution in [-0.2, 0) is 18.4 Å². The van der Waals surface area contributed by atoms with Gasteiger partial charge in [-0.2, -0.15) is 0 Å². The number of quaternary nitrogens is 1. The van der Waals surface area contributed by atoms with Crippen molar-refractivity contribution in [3.05, 3.63) is 158 Å². The summed E-state index contributed by atoms with van der Waals surface area (Å²) in [6.45, 7) is 4.51. The van der Waals surface area contributed by atoms with Crippen LogP contribution >= 0.6 is 7.82 Å². The van der Waals surface area contributed by atoms with Gasteiger partial charge in [0.15, 0.2) is 0 Å². The van der Waals surface area contributed by atoms with E-state index in [1.54, 1.807) is 6.08 Å². The standard InChI is InChI=1S/C79H135N2O6P/c1-6-8-10-12-14-16-18-20-22-24-26-28-30-32-34-35-36-37-38-39-40-41-42-43-44-45-47-49-51-53-55-57-59-61-63-65-67-69-71-73-79(83)80-77(76-87-88(84,85)86-75-74-81(3,4)5)78(82)72-70-68-66-64-62-60-58-56-54-52-50-48-46-33-31-29-27-25-23-21-19-17-15-13-11-9-7-2/h8,10,14,16,20,22,26,28,32,34,36-37,39-40,42-43,45,47,51,53,57,59,62,64,70,72,77-78,82H,6-7,9,11-13,15,17-19,21,23-25,27,29-31,33,35,38,41,44,46,48-50,52,54-56,58,60-61,63,65-69,71,73-76H2,1-5H3,(H-,80,83,84,85)/b10-8-,16-14-,22-20-,28-26-,34-32-,37-36-,40-39-,43-42-,47-45-,53-51-,59-57-,64-62+,72-70+. The number of hydrogen-bond donors (Lipinski definition) is 2. The molecule has 2 N–H and O–H groups in total. The summed E-state index contributed by atoms with van der Waals surface area (Å²) in [4.78, 5) is 25.6. The Balaban J connectivity index is 4.22. The summed E-state index contributed by atoms with van der Waals surface area (Å²) in [7, 11) is 1.21. The summed E-state index contributed by atoms with van der Waals surface area (Å²) in [5, 5.41) is 13.9. The molecule has 0 fully saturated rings.